The van der Waals surface area contributed by atoms with Crippen molar-refractivity contribution in [2.24, 2.45) is 0 Å². The molecule has 0 saturated carbocycles. The lowest BCUT2D eigenvalue weighted by molar-refractivity contribution is -0.122. The van der Waals surface area contributed by atoms with E-state index in [-0.39, 0.29) is 18.4 Å². The highest BCUT2D eigenvalue weighted by Crippen LogP contribution is 2.35. The number of thioether (sulfide) groups is 1. The maximum atomic E-state index is 12.6. The molecule has 1 N–H and O–H groups in total. The molecule has 1 aliphatic heterocycles. The average Bonchev–Trinajstić information content (AvgIpc) is 3.02. The van der Waals surface area contributed by atoms with Gasteiger partial charge in [0.15, 0.2) is 18.1 Å². The van der Waals surface area contributed by atoms with E-state index in [4.69, 9.17) is 21.7 Å². The topological polar surface area (TPSA) is 67.9 Å². The van der Waals surface area contributed by atoms with Crippen LogP contribution in [0.25, 0.3) is 6.08 Å². The summed E-state index contributed by atoms with van der Waals surface area (Å²) in [7, 11) is 1.53. The fourth-order valence-electron chi connectivity index (χ4n) is 3.39. The van der Waals surface area contributed by atoms with E-state index in [2.05, 4.69) is 21.2 Å². The molecule has 33 heavy (non-hydrogen) atoms. The first-order valence-electron chi connectivity index (χ1n) is 10.4. The summed E-state index contributed by atoms with van der Waals surface area (Å²) in [5.74, 6) is 0.555. The van der Waals surface area contributed by atoms with Crippen molar-refractivity contribution in [1.29, 1.82) is 0 Å². The maximum absolute atomic E-state index is 12.6. The number of carbonyl (C=O) groups is 2. The summed E-state index contributed by atoms with van der Waals surface area (Å²) in [5.41, 5.74) is 3.47. The Morgan fingerprint density at radius 1 is 1.21 bits per heavy atom. The number of benzene rings is 2. The Kier molecular flexibility index (Phi) is 8.56. The SMILES string of the molecule is CCCN1C(=O)/C(=C/c2ccc(OCC(=O)Nc3c(C)cc(Br)cc3C)c(OC)c2)SC1=S. The molecule has 0 aliphatic carbocycles. The fraction of sp³-hybridized carbons (Fsp3) is 0.292. The Labute approximate surface area is 211 Å². The van der Waals surface area contributed by atoms with Gasteiger partial charge in [-0.2, -0.15) is 0 Å². The van der Waals surface area contributed by atoms with Crippen LogP contribution in [0.15, 0.2) is 39.7 Å². The predicted octanol–water partition coefficient (Wildman–Crippen LogP) is 5.70. The number of nitrogens with zero attached hydrogens (tertiary/aromatic N) is 1. The molecule has 0 bridgehead atoms. The molecule has 0 atom stereocenters. The molecule has 0 spiro atoms. The second-order valence-electron chi connectivity index (χ2n) is 7.50. The number of ether oxygens (including phenoxy) is 2. The quantitative estimate of drug-likeness (QED) is 0.337. The molecule has 0 aromatic heterocycles. The summed E-state index contributed by atoms with van der Waals surface area (Å²) in [6.07, 6.45) is 2.63. The number of thiocarbonyl (C=S) groups is 1. The Morgan fingerprint density at radius 2 is 1.91 bits per heavy atom. The number of anilines is 1. The van der Waals surface area contributed by atoms with Crippen molar-refractivity contribution in [3.05, 3.63) is 56.4 Å². The number of nitrogens with one attached hydrogen (secondary N) is 1. The lowest BCUT2D eigenvalue weighted by Crippen LogP contribution is -2.28. The Balaban J connectivity index is 1.69. The third-order valence-electron chi connectivity index (χ3n) is 4.93. The number of halogens is 1. The fourth-order valence-corrected chi connectivity index (χ4v) is 5.38. The minimum Gasteiger partial charge on any atom is -0.493 e. The molecule has 174 valence electrons. The second-order valence-corrected chi connectivity index (χ2v) is 10.1. The van der Waals surface area contributed by atoms with Crippen LogP contribution in [-0.2, 0) is 9.59 Å². The minimum absolute atomic E-state index is 0.0821. The van der Waals surface area contributed by atoms with Gasteiger partial charge < -0.3 is 14.8 Å². The molecular weight excluding hydrogens is 524 g/mol. The number of aryl methyl sites for hydroxylation is 2. The number of methoxy groups -OCH3 is 1. The molecule has 1 saturated heterocycles. The van der Waals surface area contributed by atoms with Crippen molar-refractivity contribution in [1.82, 2.24) is 4.90 Å². The molecule has 6 nitrogen and oxygen atoms in total. The summed E-state index contributed by atoms with van der Waals surface area (Å²) in [6, 6.07) is 9.19. The standard InChI is InChI=1S/C24H25BrN2O4S2/c1-5-8-27-23(29)20(33-24(27)32)12-16-6-7-18(19(11-16)30-4)31-13-21(28)26-22-14(2)9-17(25)10-15(22)3/h6-7,9-12H,5,8,13H2,1-4H3,(H,26,28)/b20-12-. The minimum atomic E-state index is -0.269. The van der Waals surface area contributed by atoms with Crippen LogP contribution in [0.3, 0.4) is 0 Å². The zero-order valence-corrected chi connectivity index (χ0v) is 22.1. The zero-order chi connectivity index (χ0) is 24.1. The number of hydrogen-bond donors (Lipinski definition) is 1. The van der Waals surface area contributed by atoms with E-state index >= 15 is 0 Å². The summed E-state index contributed by atoms with van der Waals surface area (Å²) >= 11 is 10.1. The van der Waals surface area contributed by atoms with Gasteiger partial charge in [-0.05, 0) is 67.3 Å². The molecule has 2 aromatic rings. The molecule has 1 heterocycles. The first-order chi connectivity index (χ1) is 15.7. The van der Waals surface area contributed by atoms with Crippen LogP contribution < -0.4 is 14.8 Å². The highest BCUT2D eigenvalue weighted by Gasteiger charge is 2.31. The van der Waals surface area contributed by atoms with Gasteiger partial charge in [0, 0.05) is 16.7 Å². The lowest BCUT2D eigenvalue weighted by Gasteiger charge is -2.14. The van der Waals surface area contributed by atoms with Crippen molar-refractivity contribution in [3.63, 3.8) is 0 Å². The molecule has 2 aromatic carbocycles. The average molecular weight is 550 g/mol. The van der Waals surface area contributed by atoms with Gasteiger partial charge in [-0.3, -0.25) is 14.5 Å². The molecule has 3 rings (SSSR count). The van der Waals surface area contributed by atoms with Crippen LogP contribution in [0.1, 0.15) is 30.0 Å². The van der Waals surface area contributed by atoms with Crippen LogP contribution in [0, 0.1) is 13.8 Å². The van der Waals surface area contributed by atoms with Crippen LogP contribution in [0.4, 0.5) is 5.69 Å². The van der Waals surface area contributed by atoms with Gasteiger partial charge in [0.1, 0.15) is 4.32 Å². The monoisotopic (exact) mass is 548 g/mol. The second kappa shape index (κ2) is 11.2. The van der Waals surface area contributed by atoms with E-state index in [0.717, 1.165) is 33.3 Å². The van der Waals surface area contributed by atoms with Crippen LogP contribution in [0.5, 0.6) is 11.5 Å². The molecule has 0 radical (unpaired) electrons. The summed E-state index contributed by atoms with van der Waals surface area (Å²) < 4.78 is 12.7. The van der Waals surface area contributed by atoms with Gasteiger partial charge in [-0.1, -0.05) is 52.9 Å². The molecule has 1 aliphatic rings. The first kappa shape index (κ1) is 25.3. The third-order valence-corrected chi connectivity index (χ3v) is 6.76. The zero-order valence-electron chi connectivity index (χ0n) is 18.9. The highest BCUT2D eigenvalue weighted by atomic mass is 79.9. The van der Waals surface area contributed by atoms with Crippen LogP contribution in [0.2, 0.25) is 0 Å². The van der Waals surface area contributed by atoms with Crippen LogP contribution in [-0.4, -0.2) is 41.3 Å². The molecule has 1 fully saturated rings. The Morgan fingerprint density at radius 3 is 2.55 bits per heavy atom. The van der Waals surface area contributed by atoms with Crippen molar-refractivity contribution in [2.75, 3.05) is 25.6 Å². The van der Waals surface area contributed by atoms with E-state index in [1.54, 1.807) is 23.1 Å². The summed E-state index contributed by atoms with van der Waals surface area (Å²) in [4.78, 5) is 27.2. The van der Waals surface area contributed by atoms with Gasteiger partial charge in [-0.15, -0.1) is 0 Å². The predicted molar refractivity (Wildman–Crippen MR) is 141 cm³/mol. The van der Waals surface area contributed by atoms with Gasteiger partial charge in [-0.25, -0.2) is 0 Å². The summed E-state index contributed by atoms with van der Waals surface area (Å²) in [5, 5.41) is 2.90. The third kappa shape index (κ3) is 6.16. The number of carbonyl (C=O) groups excluding carboxylic acids is 2. The number of hydrogen-bond acceptors (Lipinski definition) is 6. The number of amides is 2. The van der Waals surface area contributed by atoms with E-state index in [1.165, 1.54) is 18.9 Å². The maximum Gasteiger partial charge on any atom is 0.266 e. The Hall–Kier alpha value is -2.36. The molecule has 2 amide bonds. The smallest absolute Gasteiger partial charge is 0.266 e. The van der Waals surface area contributed by atoms with Gasteiger partial charge in [0.2, 0.25) is 0 Å². The van der Waals surface area contributed by atoms with Crippen molar-refractivity contribution in [3.8, 4) is 11.5 Å². The van der Waals surface area contributed by atoms with Crippen molar-refractivity contribution in [2.45, 2.75) is 27.2 Å². The molecule has 0 unspecified atom stereocenters. The van der Waals surface area contributed by atoms with Crippen molar-refractivity contribution < 1.29 is 19.1 Å². The molecule has 9 heteroatoms. The van der Waals surface area contributed by atoms with Gasteiger partial charge in [0.05, 0.1) is 12.0 Å². The Bertz CT molecular complexity index is 1110. The van der Waals surface area contributed by atoms with Gasteiger partial charge >= 0.3 is 0 Å². The van der Waals surface area contributed by atoms with E-state index in [9.17, 15) is 9.59 Å². The lowest BCUT2D eigenvalue weighted by atomic mass is 10.1. The van der Waals surface area contributed by atoms with E-state index < -0.39 is 0 Å². The van der Waals surface area contributed by atoms with Gasteiger partial charge in [0.25, 0.3) is 11.8 Å². The van der Waals surface area contributed by atoms with Crippen molar-refractivity contribution >= 4 is 67.8 Å². The van der Waals surface area contributed by atoms with E-state index in [0.29, 0.717) is 27.3 Å². The van der Waals surface area contributed by atoms with Crippen LogP contribution >= 0.6 is 39.9 Å². The van der Waals surface area contributed by atoms with E-state index in [1.807, 2.05) is 39.0 Å². The number of rotatable bonds is 8. The first-order valence-corrected chi connectivity index (χ1v) is 12.4. The summed E-state index contributed by atoms with van der Waals surface area (Å²) in [6.45, 7) is 6.32. The normalized spacial score (nSPS) is 14.7. The highest BCUT2D eigenvalue weighted by molar-refractivity contribution is 9.10. The largest absolute Gasteiger partial charge is 0.493 e. The molecular formula is C24H25BrN2O4S2.